The van der Waals surface area contributed by atoms with Crippen molar-refractivity contribution in [3.63, 3.8) is 0 Å². The lowest BCUT2D eigenvalue weighted by atomic mass is 10.1. The topological polar surface area (TPSA) is 55.6 Å². The van der Waals surface area contributed by atoms with E-state index in [-0.39, 0.29) is 11.7 Å². The van der Waals surface area contributed by atoms with Gasteiger partial charge < -0.3 is 15.4 Å². The number of aryl methyl sites for hydroxylation is 1. The Bertz CT molecular complexity index is 770. The molecule has 2 N–H and O–H groups in total. The predicted octanol–water partition coefficient (Wildman–Crippen LogP) is 8.46. The first-order valence-electron chi connectivity index (χ1n) is 13.9. The highest BCUT2D eigenvalue weighted by molar-refractivity contribution is 6.00. The lowest BCUT2D eigenvalue weighted by Crippen LogP contribution is -2.47. The van der Waals surface area contributed by atoms with Crippen LogP contribution in [-0.4, -0.2) is 25.1 Å². The number of benzene rings is 2. The molecule has 1 amide bonds. The number of amides is 1. The van der Waals surface area contributed by atoms with Crippen LogP contribution in [0.5, 0.6) is 5.75 Å². The summed E-state index contributed by atoms with van der Waals surface area (Å²) < 4.78 is 17.8. The van der Waals surface area contributed by atoms with Crippen LogP contribution in [0.15, 0.2) is 48.5 Å². The van der Waals surface area contributed by atoms with Gasteiger partial charge in [-0.05, 0) is 44.2 Å². The van der Waals surface area contributed by atoms with E-state index in [2.05, 4.69) is 34.6 Å². The van der Waals surface area contributed by atoms with Gasteiger partial charge in [0, 0.05) is 13.0 Å². The van der Waals surface area contributed by atoms with Crippen molar-refractivity contribution in [2.24, 2.45) is 5.73 Å². The maximum atomic E-state index is 12.4. The molecule has 0 radical (unpaired) electrons. The summed E-state index contributed by atoms with van der Waals surface area (Å²) in [5, 5.41) is 0. The number of fused-ring (bicyclic) bond motifs is 1. The van der Waals surface area contributed by atoms with Crippen LogP contribution < -0.4 is 15.4 Å². The zero-order valence-electron chi connectivity index (χ0n) is 23.7. The van der Waals surface area contributed by atoms with Crippen LogP contribution in [0.1, 0.15) is 98.0 Å². The molecule has 1 aliphatic rings. The molecule has 4 nitrogen and oxygen atoms in total. The van der Waals surface area contributed by atoms with E-state index in [1.165, 1.54) is 44.2 Å². The maximum Gasteiger partial charge on any atom is 0.268 e. The third kappa shape index (κ3) is 14.2. The van der Waals surface area contributed by atoms with Crippen LogP contribution in [-0.2, 0) is 4.79 Å². The fourth-order valence-corrected chi connectivity index (χ4v) is 3.25. The van der Waals surface area contributed by atoms with Gasteiger partial charge in [-0.25, -0.2) is 4.39 Å². The molecule has 1 unspecified atom stereocenters. The number of hydrogen-bond donors (Lipinski definition) is 1. The predicted molar refractivity (Wildman–Crippen MR) is 153 cm³/mol. The largest absolute Gasteiger partial charge is 0.478 e. The van der Waals surface area contributed by atoms with Gasteiger partial charge >= 0.3 is 0 Å². The summed E-state index contributed by atoms with van der Waals surface area (Å²) in [6.45, 7) is 14.1. The number of halogens is 1. The molecule has 2 aromatic carbocycles. The smallest absolute Gasteiger partial charge is 0.268 e. The summed E-state index contributed by atoms with van der Waals surface area (Å²) >= 11 is 0. The average Bonchev–Trinajstić information content (AvgIpc) is 2.89. The molecule has 2 aromatic rings. The van der Waals surface area contributed by atoms with Crippen molar-refractivity contribution in [3.05, 3.63) is 59.9 Å². The second kappa shape index (κ2) is 21.8. The number of nitrogens with two attached hydrogens (primary N) is 1. The van der Waals surface area contributed by atoms with Gasteiger partial charge in [-0.1, -0.05) is 109 Å². The highest BCUT2D eigenvalue weighted by Gasteiger charge is 2.33. The minimum Gasteiger partial charge on any atom is -0.478 e. The molecular formula is C31H51FN2O2. The number of para-hydroxylation sites is 2. The Kier molecular flexibility index (Phi) is 20.4. The Labute approximate surface area is 220 Å². The van der Waals surface area contributed by atoms with Crippen molar-refractivity contribution in [2.75, 3.05) is 18.0 Å². The molecule has 1 aliphatic heterocycles. The van der Waals surface area contributed by atoms with Crippen molar-refractivity contribution in [3.8, 4) is 5.75 Å². The number of ether oxygens (including phenoxy) is 1. The molecule has 0 aromatic heterocycles. The average molecular weight is 503 g/mol. The van der Waals surface area contributed by atoms with Crippen LogP contribution >= 0.6 is 0 Å². The number of rotatable bonds is 9. The van der Waals surface area contributed by atoms with Crippen molar-refractivity contribution in [1.82, 2.24) is 0 Å². The fraction of sp³-hybridized carbons (Fsp3) is 0.581. The van der Waals surface area contributed by atoms with Crippen molar-refractivity contribution < 1.29 is 13.9 Å². The van der Waals surface area contributed by atoms with Gasteiger partial charge in [0.25, 0.3) is 5.91 Å². The zero-order valence-corrected chi connectivity index (χ0v) is 23.7. The Morgan fingerprint density at radius 1 is 0.833 bits per heavy atom. The van der Waals surface area contributed by atoms with E-state index >= 15 is 0 Å². The lowest BCUT2D eigenvalue weighted by Gasteiger charge is -2.34. The maximum absolute atomic E-state index is 12.4. The van der Waals surface area contributed by atoms with E-state index in [4.69, 9.17) is 10.5 Å². The highest BCUT2D eigenvalue weighted by atomic mass is 19.1. The summed E-state index contributed by atoms with van der Waals surface area (Å²) in [7, 11) is 0. The number of carbonyl (C=O) groups is 1. The molecule has 0 aliphatic carbocycles. The van der Waals surface area contributed by atoms with E-state index < -0.39 is 6.10 Å². The fourth-order valence-electron chi connectivity index (χ4n) is 3.25. The molecule has 204 valence electrons. The van der Waals surface area contributed by atoms with Crippen LogP contribution in [0, 0.1) is 12.7 Å². The molecule has 3 rings (SSSR count). The Balaban J connectivity index is 0.000000590. The second-order valence-corrected chi connectivity index (χ2v) is 9.00. The number of anilines is 1. The van der Waals surface area contributed by atoms with Gasteiger partial charge in [-0.3, -0.25) is 4.79 Å². The number of unbranched alkanes of at least 4 members (excludes halogenated alkanes) is 5. The van der Waals surface area contributed by atoms with Gasteiger partial charge in [0.1, 0.15) is 11.6 Å². The van der Waals surface area contributed by atoms with E-state index in [0.717, 1.165) is 42.8 Å². The van der Waals surface area contributed by atoms with Crippen LogP contribution in [0.25, 0.3) is 0 Å². The van der Waals surface area contributed by atoms with Crippen LogP contribution in [0.3, 0.4) is 0 Å². The molecule has 5 heteroatoms. The minimum absolute atomic E-state index is 0.0419. The molecule has 1 heterocycles. The normalized spacial score (nSPS) is 13.6. The second-order valence-electron chi connectivity index (χ2n) is 9.00. The number of nitrogens with zero attached hydrogens (tertiary/aromatic N) is 1. The lowest BCUT2D eigenvalue weighted by molar-refractivity contribution is -0.126. The van der Waals surface area contributed by atoms with Crippen LogP contribution in [0.2, 0.25) is 0 Å². The number of hydrogen-bond acceptors (Lipinski definition) is 3. The third-order valence-electron chi connectivity index (χ3n) is 5.60. The van der Waals surface area contributed by atoms with Gasteiger partial charge in [-0.15, -0.1) is 0 Å². The Hall–Kier alpha value is -2.40. The first-order valence-corrected chi connectivity index (χ1v) is 13.9. The molecule has 36 heavy (non-hydrogen) atoms. The highest BCUT2D eigenvalue weighted by Crippen LogP contribution is 2.34. The Morgan fingerprint density at radius 3 is 1.89 bits per heavy atom. The van der Waals surface area contributed by atoms with E-state index in [0.29, 0.717) is 13.0 Å². The van der Waals surface area contributed by atoms with Crippen LogP contribution in [0.4, 0.5) is 10.1 Å². The SMILES string of the molecule is CCCC.CCCCC.CCCCCN1C(=O)C(CCN)Oc2ccccc21.Cc1ccc(F)cc1. The molecular weight excluding hydrogens is 451 g/mol. The summed E-state index contributed by atoms with van der Waals surface area (Å²) in [5.74, 6) is 0.660. The van der Waals surface area contributed by atoms with Crippen molar-refractivity contribution in [2.45, 2.75) is 105 Å². The van der Waals surface area contributed by atoms with Crippen molar-refractivity contribution >= 4 is 11.6 Å². The van der Waals surface area contributed by atoms with E-state index in [9.17, 15) is 9.18 Å². The zero-order chi connectivity index (χ0) is 27.2. The molecule has 0 bridgehead atoms. The van der Waals surface area contributed by atoms with Gasteiger partial charge in [-0.2, -0.15) is 0 Å². The van der Waals surface area contributed by atoms with Gasteiger partial charge in [0.15, 0.2) is 6.10 Å². The van der Waals surface area contributed by atoms with E-state index in [1.807, 2.05) is 36.1 Å². The van der Waals surface area contributed by atoms with Gasteiger partial charge in [0.05, 0.1) is 5.69 Å². The Morgan fingerprint density at radius 2 is 1.42 bits per heavy atom. The minimum atomic E-state index is -0.429. The first kappa shape index (κ1) is 33.6. The number of carbonyl (C=O) groups excluding carboxylic acids is 1. The first-order chi connectivity index (χ1) is 17.4. The van der Waals surface area contributed by atoms with Crippen molar-refractivity contribution in [1.29, 1.82) is 0 Å². The third-order valence-corrected chi connectivity index (χ3v) is 5.60. The monoisotopic (exact) mass is 502 g/mol. The summed E-state index contributed by atoms with van der Waals surface area (Å²) in [6.07, 6.45) is 10.2. The summed E-state index contributed by atoms with van der Waals surface area (Å²) in [4.78, 5) is 14.3. The molecule has 1 atom stereocenters. The molecule has 0 saturated carbocycles. The standard InChI is InChI=1S/C15H22N2O2.C7H7F.C5H12.C4H10/c1-2-3-6-11-17-12-7-4-5-8-13(12)19-14(9-10-16)15(17)18;1-6-2-4-7(8)5-3-6;1-3-5-4-2;1-3-4-2/h4-5,7-8,14H,2-3,6,9-11,16H2,1H3;2-5H,1H3;3-5H2,1-2H3;3-4H2,1-2H3. The molecule has 0 fully saturated rings. The van der Waals surface area contributed by atoms with E-state index in [1.54, 1.807) is 12.1 Å². The van der Waals surface area contributed by atoms with Gasteiger partial charge in [0.2, 0.25) is 0 Å². The summed E-state index contributed by atoms with van der Waals surface area (Å²) in [6, 6.07) is 14.1. The summed E-state index contributed by atoms with van der Waals surface area (Å²) in [5.41, 5.74) is 7.53. The molecule has 0 spiro atoms. The quantitative estimate of drug-likeness (QED) is 0.350. The molecule has 0 saturated heterocycles.